The van der Waals surface area contributed by atoms with Crippen molar-refractivity contribution in [3.8, 4) is 11.4 Å². The van der Waals surface area contributed by atoms with Crippen molar-refractivity contribution in [2.45, 2.75) is 32.1 Å². The molecule has 0 unspecified atom stereocenters. The summed E-state index contributed by atoms with van der Waals surface area (Å²) in [7, 11) is 0. The van der Waals surface area contributed by atoms with E-state index in [-0.39, 0.29) is 18.6 Å². The topological polar surface area (TPSA) is 129 Å². The molecule has 9 heteroatoms. The third-order valence-corrected chi connectivity index (χ3v) is 6.06. The van der Waals surface area contributed by atoms with E-state index in [4.69, 9.17) is 20.3 Å². The van der Waals surface area contributed by atoms with Gasteiger partial charge in [0.1, 0.15) is 13.2 Å². The SMILES string of the molecule is CC[C@@]1(O)C(=O)OCc2c1cc1n(c2=O)Cc2cc3c(/C=N/OCCN)cccc3nc2-1. The van der Waals surface area contributed by atoms with Gasteiger partial charge in [0.25, 0.3) is 5.56 Å². The summed E-state index contributed by atoms with van der Waals surface area (Å²) in [5.41, 5.74) is 7.57. The second-order valence-corrected chi connectivity index (χ2v) is 7.87. The van der Waals surface area contributed by atoms with Crippen molar-refractivity contribution in [2.75, 3.05) is 13.2 Å². The summed E-state index contributed by atoms with van der Waals surface area (Å²) in [6.45, 7) is 2.58. The number of fused-ring (bicyclic) bond motifs is 5. The van der Waals surface area contributed by atoms with Gasteiger partial charge in [-0.2, -0.15) is 0 Å². The van der Waals surface area contributed by atoms with Crippen LogP contribution in [0.2, 0.25) is 0 Å². The molecule has 1 atom stereocenters. The average molecular weight is 434 g/mol. The Kier molecular flexibility index (Phi) is 4.79. The largest absolute Gasteiger partial charge is 0.458 e. The summed E-state index contributed by atoms with van der Waals surface area (Å²) in [4.78, 5) is 35.4. The Morgan fingerprint density at radius 3 is 3.00 bits per heavy atom. The number of carbonyl (C=O) groups excluding carboxylic acids is 1. The van der Waals surface area contributed by atoms with Crippen molar-refractivity contribution in [1.29, 1.82) is 0 Å². The normalized spacial score (nSPS) is 19.0. The average Bonchev–Trinajstić information content (AvgIpc) is 3.16. The fourth-order valence-electron chi connectivity index (χ4n) is 4.34. The number of hydrogen-bond acceptors (Lipinski definition) is 8. The highest BCUT2D eigenvalue weighted by Gasteiger charge is 2.45. The van der Waals surface area contributed by atoms with Crippen LogP contribution in [-0.4, -0.2) is 40.0 Å². The number of pyridine rings is 2. The van der Waals surface area contributed by atoms with E-state index in [1.165, 1.54) is 0 Å². The number of ether oxygens (including phenoxy) is 1. The van der Waals surface area contributed by atoms with Crippen LogP contribution in [0.15, 0.2) is 40.3 Å². The van der Waals surface area contributed by atoms with Gasteiger partial charge in [-0.05, 0) is 24.6 Å². The summed E-state index contributed by atoms with van der Waals surface area (Å²) in [6.07, 6.45) is 1.72. The van der Waals surface area contributed by atoms with Crippen molar-refractivity contribution in [3.05, 3.63) is 62.9 Å². The molecule has 3 aromatic rings. The van der Waals surface area contributed by atoms with Crippen LogP contribution in [0.3, 0.4) is 0 Å². The monoisotopic (exact) mass is 434 g/mol. The highest BCUT2D eigenvalue weighted by Crippen LogP contribution is 2.38. The van der Waals surface area contributed by atoms with Gasteiger partial charge in [0.15, 0.2) is 5.60 Å². The Hall–Kier alpha value is -3.56. The van der Waals surface area contributed by atoms with E-state index in [1.807, 2.05) is 24.3 Å². The summed E-state index contributed by atoms with van der Waals surface area (Å²) < 4.78 is 6.72. The minimum atomic E-state index is -1.84. The molecule has 0 bridgehead atoms. The van der Waals surface area contributed by atoms with E-state index in [0.29, 0.717) is 42.2 Å². The van der Waals surface area contributed by atoms with Gasteiger partial charge in [-0.25, -0.2) is 9.78 Å². The van der Waals surface area contributed by atoms with Crippen LogP contribution in [0.4, 0.5) is 0 Å². The van der Waals surface area contributed by atoms with E-state index >= 15 is 0 Å². The number of hydrogen-bond donors (Lipinski definition) is 2. The van der Waals surface area contributed by atoms with Gasteiger partial charge in [0.05, 0.1) is 35.2 Å². The number of rotatable bonds is 5. The number of esters is 1. The minimum Gasteiger partial charge on any atom is -0.458 e. The summed E-state index contributed by atoms with van der Waals surface area (Å²) in [6, 6.07) is 9.35. The van der Waals surface area contributed by atoms with Crippen LogP contribution in [0.5, 0.6) is 0 Å². The molecule has 9 nitrogen and oxygen atoms in total. The Morgan fingerprint density at radius 1 is 1.38 bits per heavy atom. The van der Waals surface area contributed by atoms with Crippen LogP contribution in [0, 0.1) is 0 Å². The zero-order chi connectivity index (χ0) is 22.5. The summed E-state index contributed by atoms with van der Waals surface area (Å²) in [5, 5.41) is 15.8. The van der Waals surface area contributed by atoms with E-state index in [2.05, 4.69) is 5.16 Å². The molecule has 2 aliphatic rings. The van der Waals surface area contributed by atoms with Crippen LogP contribution in [0.1, 0.15) is 35.6 Å². The van der Waals surface area contributed by atoms with Crippen molar-refractivity contribution in [1.82, 2.24) is 9.55 Å². The van der Waals surface area contributed by atoms with Gasteiger partial charge >= 0.3 is 5.97 Å². The van der Waals surface area contributed by atoms with Gasteiger partial charge in [0, 0.05) is 28.6 Å². The molecule has 4 heterocycles. The second kappa shape index (κ2) is 7.54. The summed E-state index contributed by atoms with van der Waals surface area (Å²) in [5.74, 6) is -0.734. The lowest BCUT2D eigenvalue weighted by atomic mass is 9.86. The Bertz CT molecular complexity index is 1350. The number of nitrogens with zero attached hydrogens (tertiary/aromatic N) is 3. The van der Waals surface area contributed by atoms with E-state index in [9.17, 15) is 14.7 Å². The maximum absolute atomic E-state index is 13.2. The standard InChI is InChI=1S/C23H22N4O5/c1-2-23(30)17-9-19-20-14(11-27(19)21(28)16(17)12-31-22(23)29)8-15-13(10-25-32-7-6-24)4-3-5-18(15)26-20/h3-5,8-10,30H,2,6-7,11-12,24H2,1H3/b25-10+/t23-/m0/s1. The lowest BCUT2D eigenvalue weighted by Gasteiger charge is -2.31. The first kappa shape index (κ1) is 20.3. The first-order valence-electron chi connectivity index (χ1n) is 10.4. The second-order valence-electron chi connectivity index (χ2n) is 7.87. The van der Waals surface area contributed by atoms with Gasteiger partial charge in [0.2, 0.25) is 0 Å². The molecule has 0 saturated carbocycles. The highest BCUT2D eigenvalue weighted by atomic mass is 16.6. The number of carbonyl (C=O) groups is 1. The lowest BCUT2D eigenvalue weighted by Crippen LogP contribution is -2.44. The molecule has 32 heavy (non-hydrogen) atoms. The van der Waals surface area contributed by atoms with E-state index < -0.39 is 11.6 Å². The van der Waals surface area contributed by atoms with Crippen LogP contribution >= 0.6 is 0 Å². The molecule has 0 fully saturated rings. The lowest BCUT2D eigenvalue weighted by molar-refractivity contribution is -0.172. The Balaban J connectivity index is 1.66. The van der Waals surface area contributed by atoms with Crippen molar-refractivity contribution in [2.24, 2.45) is 10.9 Å². The molecule has 2 aromatic heterocycles. The Morgan fingerprint density at radius 2 is 2.22 bits per heavy atom. The van der Waals surface area contributed by atoms with Crippen LogP contribution in [0.25, 0.3) is 22.3 Å². The van der Waals surface area contributed by atoms with Gasteiger partial charge in [-0.15, -0.1) is 0 Å². The number of aliphatic hydroxyl groups is 1. The number of cyclic esters (lactones) is 1. The van der Waals surface area contributed by atoms with Crippen molar-refractivity contribution in [3.63, 3.8) is 0 Å². The smallest absolute Gasteiger partial charge is 0.343 e. The van der Waals surface area contributed by atoms with Gasteiger partial charge < -0.3 is 25.0 Å². The van der Waals surface area contributed by atoms with Crippen LogP contribution < -0.4 is 11.3 Å². The summed E-state index contributed by atoms with van der Waals surface area (Å²) >= 11 is 0. The van der Waals surface area contributed by atoms with Gasteiger partial charge in [-0.1, -0.05) is 24.2 Å². The first-order chi connectivity index (χ1) is 15.5. The zero-order valence-electron chi connectivity index (χ0n) is 17.5. The molecule has 3 N–H and O–H groups in total. The number of benzene rings is 1. The molecular formula is C23H22N4O5. The molecule has 0 aliphatic carbocycles. The molecule has 1 aromatic carbocycles. The molecule has 0 spiro atoms. The van der Waals surface area contributed by atoms with Crippen molar-refractivity contribution >= 4 is 23.1 Å². The fraction of sp³-hybridized carbons (Fsp3) is 0.304. The molecular weight excluding hydrogens is 412 g/mol. The fourth-order valence-corrected chi connectivity index (χ4v) is 4.34. The quantitative estimate of drug-likeness (QED) is 0.210. The van der Waals surface area contributed by atoms with E-state index in [1.54, 1.807) is 23.8 Å². The molecule has 2 aliphatic heterocycles. The third kappa shape index (κ3) is 2.93. The predicted octanol–water partition coefficient (Wildman–Crippen LogP) is 1.39. The maximum atomic E-state index is 13.2. The minimum absolute atomic E-state index is 0.106. The number of aromatic nitrogens is 2. The number of oxime groups is 1. The zero-order valence-corrected chi connectivity index (χ0v) is 17.5. The van der Waals surface area contributed by atoms with Gasteiger partial charge in [-0.3, -0.25) is 4.79 Å². The predicted molar refractivity (Wildman–Crippen MR) is 117 cm³/mol. The van der Waals surface area contributed by atoms with Crippen molar-refractivity contribution < 1.29 is 19.5 Å². The van der Waals surface area contributed by atoms with Crippen LogP contribution in [-0.2, 0) is 33.1 Å². The molecule has 5 rings (SSSR count). The maximum Gasteiger partial charge on any atom is 0.343 e. The molecule has 0 saturated heterocycles. The first-order valence-corrected chi connectivity index (χ1v) is 10.4. The highest BCUT2D eigenvalue weighted by molar-refractivity contribution is 5.99. The molecule has 164 valence electrons. The number of nitrogens with two attached hydrogens (primary N) is 1. The van der Waals surface area contributed by atoms with E-state index in [0.717, 1.165) is 22.0 Å². The third-order valence-electron chi connectivity index (χ3n) is 6.06. The molecule has 0 radical (unpaired) electrons. The Labute approximate surface area is 183 Å². The molecule has 0 amide bonds.